The molecule has 2 aliphatic rings. The number of ether oxygens (including phenoxy) is 9. The van der Waals surface area contributed by atoms with Crippen LogP contribution in [0.3, 0.4) is 0 Å². The van der Waals surface area contributed by atoms with Crippen LogP contribution in [0.5, 0.6) is 0 Å². The summed E-state index contributed by atoms with van der Waals surface area (Å²) < 4.78 is 59.6. The summed E-state index contributed by atoms with van der Waals surface area (Å²) in [6.07, 6.45) is -10.5. The van der Waals surface area contributed by atoms with Crippen LogP contribution in [0.25, 0.3) is 0 Å². The Morgan fingerprint density at radius 2 is 0.662 bits per heavy atom. The minimum absolute atomic E-state index is 0.0261. The molecule has 2 saturated heterocycles. The first-order valence-corrected chi connectivity index (χ1v) is 22.3. The number of hydrogen-bond acceptors (Lipinski definition) is 11. The topological polar surface area (TPSA) is 124 Å². The van der Waals surface area contributed by atoms with Crippen LogP contribution in [-0.2, 0) is 82.3 Å². The molecule has 65 heavy (non-hydrogen) atoms. The van der Waals surface area contributed by atoms with Crippen LogP contribution in [0.1, 0.15) is 33.4 Å². The van der Waals surface area contributed by atoms with Crippen molar-refractivity contribution in [1.29, 1.82) is 0 Å². The molecule has 10 atom stereocenters. The van der Waals surface area contributed by atoms with Gasteiger partial charge in [0.25, 0.3) is 0 Å². The van der Waals surface area contributed by atoms with Gasteiger partial charge < -0.3 is 52.8 Å². The van der Waals surface area contributed by atoms with Crippen LogP contribution >= 0.6 is 0 Å². The Kier molecular flexibility index (Phi) is 17.4. The SMILES string of the molecule is O[C@@H]1[C@@H](OCc2ccccc2)[C@H](O)O[C@H](COCc2ccccc2)[C@H]1O[C@@H]1O[C@H](COCc2ccccc2)[C@H](OCc2ccccc2)[C@H](OCc2ccccc2)[C@H]1OCc1ccccc1. The second-order valence-electron chi connectivity index (χ2n) is 16.2. The van der Waals surface area contributed by atoms with Crippen molar-refractivity contribution < 1.29 is 52.8 Å². The highest BCUT2D eigenvalue weighted by molar-refractivity contribution is 5.18. The third kappa shape index (κ3) is 13.5. The molecule has 8 rings (SSSR count). The van der Waals surface area contributed by atoms with E-state index in [9.17, 15) is 10.2 Å². The molecular formula is C54H58O11. The average Bonchev–Trinajstić information content (AvgIpc) is 3.35. The van der Waals surface area contributed by atoms with E-state index in [0.29, 0.717) is 6.61 Å². The lowest BCUT2D eigenvalue weighted by Crippen LogP contribution is -2.66. The first-order valence-electron chi connectivity index (χ1n) is 22.3. The van der Waals surface area contributed by atoms with E-state index in [1.807, 2.05) is 182 Å². The molecule has 0 amide bonds. The smallest absolute Gasteiger partial charge is 0.187 e. The van der Waals surface area contributed by atoms with Gasteiger partial charge in [0.15, 0.2) is 12.6 Å². The molecule has 11 nitrogen and oxygen atoms in total. The summed E-state index contributed by atoms with van der Waals surface area (Å²) in [5.74, 6) is 0. The number of aliphatic hydroxyl groups is 2. The Bertz CT molecular complexity index is 2200. The van der Waals surface area contributed by atoms with E-state index in [4.69, 9.17) is 42.6 Å². The summed E-state index contributed by atoms with van der Waals surface area (Å²) in [7, 11) is 0. The van der Waals surface area contributed by atoms with Crippen molar-refractivity contribution in [2.75, 3.05) is 13.2 Å². The zero-order chi connectivity index (χ0) is 44.5. The third-order valence-corrected chi connectivity index (χ3v) is 11.4. The highest BCUT2D eigenvalue weighted by Gasteiger charge is 2.53. The molecule has 6 aromatic rings. The summed E-state index contributed by atoms with van der Waals surface area (Å²) in [5, 5.41) is 23.7. The maximum absolute atomic E-state index is 12.3. The van der Waals surface area contributed by atoms with Crippen molar-refractivity contribution in [2.24, 2.45) is 0 Å². The molecule has 2 N–H and O–H groups in total. The van der Waals surface area contributed by atoms with Gasteiger partial charge in [-0.15, -0.1) is 0 Å². The highest BCUT2D eigenvalue weighted by Crippen LogP contribution is 2.35. The van der Waals surface area contributed by atoms with E-state index in [1.54, 1.807) is 0 Å². The first kappa shape index (κ1) is 46.4. The Balaban J connectivity index is 1.13. The number of hydrogen-bond donors (Lipinski definition) is 2. The zero-order valence-corrected chi connectivity index (χ0v) is 36.3. The van der Waals surface area contributed by atoms with Crippen LogP contribution < -0.4 is 0 Å². The molecule has 2 fully saturated rings. The minimum Gasteiger partial charge on any atom is -0.387 e. The van der Waals surface area contributed by atoms with Crippen molar-refractivity contribution >= 4 is 0 Å². The van der Waals surface area contributed by atoms with E-state index >= 15 is 0 Å². The standard InChI is InChI=1S/C54H58O11/c55-47-48(45(37-57-31-39-19-7-1-8-20-39)63-53(56)50(47)60-34-42-25-13-4-14-26-42)65-54-52(62-36-44-29-17-6-18-30-44)51(61-35-43-27-15-5-16-28-43)49(59-33-41-23-11-3-12-24-41)46(64-54)38-58-32-40-21-9-2-10-22-40/h1-30,45-56H,31-38H2/t45-,46-,47+,48-,49+,50-,51+,52-,53-,54+/m1/s1. The summed E-state index contributed by atoms with van der Waals surface area (Å²) in [6.45, 7) is 1.49. The molecular weight excluding hydrogens is 825 g/mol. The molecule has 0 saturated carbocycles. The van der Waals surface area contributed by atoms with Gasteiger partial charge in [0.2, 0.25) is 0 Å². The van der Waals surface area contributed by atoms with Gasteiger partial charge in [0.05, 0.1) is 52.9 Å². The van der Waals surface area contributed by atoms with E-state index in [2.05, 4.69) is 0 Å². The van der Waals surface area contributed by atoms with Gasteiger partial charge in [0, 0.05) is 0 Å². The maximum atomic E-state index is 12.3. The molecule has 0 bridgehead atoms. The third-order valence-electron chi connectivity index (χ3n) is 11.4. The normalized spacial score (nSPS) is 25.6. The van der Waals surface area contributed by atoms with Gasteiger partial charge >= 0.3 is 0 Å². The van der Waals surface area contributed by atoms with E-state index in [-0.39, 0.29) is 46.2 Å². The molecule has 2 heterocycles. The van der Waals surface area contributed by atoms with Crippen LogP contribution in [0.2, 0.25) is 0 Å². The summed E-state index contributed by atoms with van der Waals surface area (Å²) in [5.41, 5.74) is 5.67. The first-order chi connectivity index (χ1) is 32.1. The summed E-state index contributed by atoms with van der Waals surface area (Å²) >= 11 is 0. The van der Waals surface area contributed by atoms with Gasteiger partial charge in [-0.25, -0.2) is 0 Å². The molecule has 6 aromatic carbocycles. The number of benzene rings is 6. The van der Waals surface area contributed by atoms with Crippen LogP contribution in [0, 0.1) is 0 Å². The minimum atomic E-state index is -1.49. The fourth-order valence-corrected chi connectivity index (χ4v) is 8.04. The molecule has 0 unspecified atom stereocenters. The summed E-state index contributed by atoms with van der Waals surface area (Å²) in [4.78, 5) is 0. The lowest BCUT2D eigenvalue weighted by atomic mass is 9.96. The summed E-state index contributed by atoms with van der Waals surface area (Å²) in [6, 6.07) is 58.9. The Morgan fingerprint density at radius 3 is 1.06 bits per heavy atom. The monoisotopic (exact) mass is 882 g/mol. The number of aliphatic hydroxyl groups excluding tert-OH is 2. The van der Waals surface area contributed by atoms with Crippen LogP contribution in [0.4, 0.5) is 0 Å². The molecule has 0 aliphatic carbocycles. The van der Waals surface area contributed by atoms with Crippen molar-refractivity contribution in [2.45, 2.75) is 101 Å². The molecule has 2 aliphatic heterocycles. The van der Waals surface area contributed by atoms with Gasteiger partial charge in [0.1, 0.15) is 48.8 Å². The predicted molar refractivity (Wildman–Crippen MR) is 243 cm³/mol. The Hall–Kier alpha value is -5.12. The van der Waals surface area contributed by atoms with Gasteiger partial charge in [-0.05, 0) is 33.4 Å². The van der Waals surface area contributed by atoms with Crippen molar-refractivity contribution in [1.82, 2.24) is 0 Å². The molecule has 0 spiro atoms. The quantitative estimate of drug-likeness (QED) is 0.0691. The maximum Gasteiger partial charge on any atom is 0.187 e. The van der Waals surface area contributed by atoms with Gasteiger partial charge in [-0.1, -0.05) is 182 Å². The average molecular weight is 883 g/mol. The molecule has 340 valence electrons. The van der Waals surface area contributed by atoms with E-state index < -0.39 is 61.4 Å². The zero-order valence-electron chi connectivity index (χ0n) is 36.3. The molecule has 0 radical (unpaired) electrons. The lowest BCUT2D eigenvalue weighted by Gasteiger charge is -2.49. The lowest BCUT2D eigenvalue weighted by molar-refractivity contribution is -0.371. The Morgan fingerprint density at radius 1 is 0.338 bits per heavy atom. The Labute approximate surface area is 381 Å². The van der Waals surface area contributed by atoms with Crippen molar-refractivity contribution in [3.63, 3.8) is 0 Å². The second-order valence-corrected chi connectivity index (χ2v) is 16.2. The largest absolute Gasteiger partial charge is 0.387 e. The van der Waals surface area contributed by atoms with Gasteiger partial charge in [-0.3, -0.25) is 0 Å². The van der Waals surface area contributed by atoms with Gasteiger partial charge in [-0.2, -0.15) is 0 Å². The fourth-order valence-electron chi connectivity index (χ4n) is 8.04. The highest BCUT2D eigenvalue weighted by atomic mass is 16.7. The number of rotatable bonds is 22. The molecule has 0 aromatic heterocycles. The van der Waals surface area contributed by atoms with Crippen molar-refractivity contribution in [3.8, 4) is 0 Å². The van der Waals surface area contributed by atoms with E-state index in [1.165, 1.54) is 0 Å². The second kappa shape index (κ2) is 24.4. The van der Waals surface area contributed by atoms with E-state index in [0.717, 1.165) is 33.4 Å². The van der Waals surface area contributed by atoms with Crippen LogP contribution in [0.15, 0.2) is 182 Å². The fraction of sp³-hybridized carbons (Fsp3) is 0.333. The molecule has 11 heteroatoms. The van der Waals surface area contributed by atoms with Crippen molar-refractivity contribution in [3.05, 3.63) is 215 Å². The van der Waals surface area contributed by atoms with Crippen LogP contribution in [-0.4, -0.2) is 84.8 Å². The predicted octanol–water partition coefficient (Wildman–Crippen LogP) is 7.95.